The van der Waals surface area contributed by atoms with E-state index in [4.69, 9.17) is 18.9 Å². The molecule has 0 bridgehead atoms. The molecule has 352 valence electrons. The topological polar surface area (TPSA) is 108 Å². The van der Waals surface area contributed by atoms with Gasteiger partial charge in [0.2, 0.25) is 0 Å². The van der Waals surface area contributed by atoms with Crippen LogP contribution in [-0.4, -0.2) is 87.4 Å². The monoisotopic (exact) mass is 851 g/mol. The highest BCUT2D eigenvalue weighted by Crippen LogP contribution is 2.16. The summed E-state index contributed by atoms with van der Waals surface area (Å²) in [5.41, 5.74) is 0. The van der Waals surface area contributed by atoms with Crippen LogP contribution < -0.4 is 0 Å². The molecule has 0 aromatic heterocycles. The Bertz CT molecular complexity index is 1040. The van der Waals surface area contributed by atoms with Crippen molar-refractivity contribution >= 4 is 17.9 Å². The fourth-order valence-electron chi connectivity index (χ4n) is 7.05. The highest BCUT2D eigenvalue weighted by Gasteiger charge is 2.25. The van der Waals surface area contributed by atoms with Gasteiger partial charge >= 0.3 is 17.9 Å². The summed E-state index contributed by atoms with van der Waals surface area (Å²) in [6, 6.07) is 0. The van der Waals surface area contributed by atoms with Crippen molar-refractivity contribution in [2.45, 2.75) is 238 Å². The van der Waals surface area contributed by atoms with E-state index >= 15 is 0 Å². The van der Waals surface area contributed by atoms with Crippen molar-refractivity contribution in [2.75, 3.05) is 47.5 Å². The van der Waals surface area contributed by atoms with E-state index in [2.05, 4.69) is 38.2 Å². The highest BCUT2D eigenvalue weighted by molar-refractivity contribution is 5.71. The number of nitrogens with zero attached hydrogens (tertiary/aromatic N) is 1. The van der Waals surface area contributed by atoms with Crippen LogP contribution in [0.5, 0.6) is 0 Å². The number of unbranched alkanes of at least 4 members (excludes halogenated alkanes) is 27. The molecule has 0 spiro atoms. The number of aliphatic carboxylic acids is 1. The number of carboxylic acids is 1. The van der Waals surface area contributed by atoms with Crippen molar-refractivity contribution < 1.29 is 42.9 Å². The number of allylic oxidation sites excluding steroid dienone is 4. The number of carbonyl (C=O) groups is 3. The fraction of sp³-hybridized carbons (Fsp3) is 0.863. The molecule has 0 heterocycles. The largest absolute Gasteiger partial charge is 0.477 e. The maximum atomic E-state index is 12.8. The molecule has 0 amide bonds. The van der Waals surface area contributed by atoms with Gasteiger partial charge in [0, 0.05) is 12.8 Å². The number of esters is 2. The Morgan fingerprint density at radius 1 is 0.500 bits per heavy atom. The van der Waals surface area contributed by atoms with Crippen LogP contribution >= 0.6 is 0 Å². The van der Waals surface area contributed by atoms with E-state index in [9.17, 15) is 19.5 Å². The van der Waals surface area contributed by atoms with Crippen molar-refractivity contribution in [3.05, 3.63) is 24.3 Å². The lowest BCUT2D eigenvalue weighted by molar-refractivity contribution is -0.870. The van der Waals surface area contributed by atoms with Crippen LogP contribution in [0.2, 0.25) is 0 Å². The van der Waals surface area contributed by atoms with Crippen LogP contribution in [0.15, 0.2) is 24.3 Å². The second kappa shape index (κ2) is 43.4. The predicted octanol–water partition coefficient (Wildman–Crippen LogP) is 13.6. The molecule has 0 aliphatic rings. The first kappa shape index (κ1) is 57.8. The maximum absolute atomic E-state index is 12.8. The first-order valence-electron chi connectivity index (χ1n) is 25.0. The lowest BCUT2D eigenvalue weighted by Gasteiger charge is -2.25. The summed E-state index contributed by atoms with van der Waals surface area (Å²) in [6.07, 6.45) is 45.3. The third kappa shape index (κ3) is 43.8. The molecule has 0 rings (SSSR count). The third-order valence-electron chi connectivity index (χ3n) is 10.9. The summed E-state index contributed by atoms with van der Waals surface area (Å²) >= 11 is 0. The number of ether oxygens (including phenoxy) is 4. The lowest BCUT2D eigenvalue weighted by Crippen LogP contribution is -2.40. The van der Waals surface area contributed by atoms with Crippen LogP contribution in [0.3, 0.4) is 0 Å². The number of rotatable bonds is 46. The van der Waals surface area contributed by atoms with E-state index in [0.29, 0.717) is 23.9 Å². The van der Waals surface area contributed by atoms with Crippen LogP contribution in [0.1, 0.15) is 226 Å². The highest BCUT2D eigenvalue weighted by atomic mass is 16.7. The molecule has 0 fully saturated rings. The summed E-state index contributed by atoms with van der Waals surface area (Å²) in [5, 5.41) is 9.65. The minimum atomic E-state index is -1.51. The maximum Gasteiger partial charge on any atom is 0.361 e. The Kier molecular flexibility index (Phi) is 41.8. The van der Waals surface area contributed by atoms with Crippen molar-refractivity contribution in [3.8, 4) is 0 Å². The molecule has 0 saturated heterocycles. The van der Waals surface area contributed by atoms with Gasteiger partial charge in [0.25, 0.3) is 6.29 Å². The van der Waals surface area contributed by atoms with Gasteiger partial charge < -0.3 is 28.5 Å². The Morgan fingerprint density at radius 3 is 1.38 bits per heavy atom. The second-order valence-corrected chi connectivity index (χ2v) is 18.1. The minimum Gasteiger partial charge on any atom is -0.477 e. The molecular weight excluding hydrogens is 755 g/mol. The van der Waals surface area contributed by atoms with Crippen LogP contribution in [0, 0.1) is 0 Å². The van der Waals surface area contributed by atoms with Crippen LogP contribution in [0.25, 0.3) is 0 Å². The van der Waals surface area contributed by atoms with E-state index in [0.717, 1.165) is 64.2 Å². The number of hydrogen-bond donors (Lipinski definition) is 1. The van der Waals surface area contributed by atoms with Gasteiger partial charge in [0.1, 0.15) is 13.2 Å². The smallest absolute Gasteiger partial charge is 0.361 e. The Labute approximate surface area is 369 Å². The predicted molar refractivity (Wildman–Crippen MR) is 249 cm³/mol. The summed E-state index contributed by atoms with van der Waals surface area (Å²) in [6.45, 7) is 4.82. The molecule has 0 aliphatic heterocycles. The number of carboxylic acid groups (broad SMARTS) is 1. The van der Waals surface area contributed by atoms with Crippen molar-refractivity contribution in [1.82, 2.24) is 0 Å². The Hall–Kier alpha value is -2.23. The van der Waals surface area contributed by atoms with Crippen molar-refractivity contribution in [2.24, 2.45) is 0 Å². The lowest BCUT2D eigenvalue weighted by atomic mass is 10.0. The van der Waals surface area contributed by atoms with E-state index in [1.807, 2.05) is 21.1 Å². The van der Waals surface area contributed by atoms with Gasteiger partial charge in [0.15, 0.2) is 6.10 Å². The molecule has 60 heavy (non-hydrogen) atoms. The summed E-state index contributed by atoms with van der Waals surface area (Å²) in [5.74, 6) is -2.01. The Morgan fingerprint density at radius 2 is 0.933 bits per heavy atom. The molecule has 0 aliphatic carbocycles. The minimum absolute atomic E-state index is 0.184. The Balaban J connectivity index is 4.26. The number of hydrogen-bond acceptors (Lipinski definition) is 7. The molecule has 2 unspecified atom stereocenters. The molecule has 9 heteroatoms. The van der Waals surface area contributed by atoms with E-state index in [-0.39, 0.29) is 32.2 Å². The van der Waals surface area contributed by atoms with Gasteiger partial charge in [-0.05, 0) is 38.5 Å². The first-order valence-corrected chi connectivity index (χ1v) is 25.0. The normalized spacial score (nSPS) is 13.0. The fourth-order valence-corrected chi connectivity index (χ4v) is 7.05. The summed E-state index contributed by atoms with van der Waals surface area (Å²) in [4.78, 5) is 37.2. The van der Waals surface area contributed by atoms with Gasteiger partial charge in [-0.15, -0.1) is 0 Å². The zero-order chi connectivity index (χ0) is 44.2. The second-order valence-electron chi connectivity index (χ2n) is 18.1. The molecule has 0 saturated carbocycles. The summed E-state index contributed by atoms with van der Waals surface area (Å²) < 4.78 is 22.8. The molecule has 1 N–H and O–H groups in total. The molecule has 0 radical (unpaired) electrons. The van der Waals surface area contributed by atoms with Gasteiger partial charge in [-0.2, -0.15) is 0 Å². The summed E-state index contributed by atoms with van der Waals surface area (Å²) in [7, 11) is 5.96. The molecule has 9 nitrogen and oxygen atoms in total. The average molecular weight is 851 g/mol. The third-order valence-corrected chi connectivity index (χ3v) is 10.9. The number of likely N-dealkylation sites (N-methyl/N-ethyl adjacent to an activating group) is 1. The first-order chi connectivity index (χ1) is 29.1. The van der Waals surface area contributed by atoms with Gasteiger partial charge in [0.05, 0.1) is 34.4 Å². The van der Waals surface area contributed by atoms with E-state index < -0.39 is 24.3 Å². The molecule has 0 aromatic rings. The standard InChI is InChI=1S/C51H95NO8/c1-6-8-10-12-14-16-18-20-21-22-23-24-25-26-27-28-30-31-33-35-37-39-41-48(53)58-45-47(46-59-51(50(55)56)57-44-43-52(3,4)5)60-49(54)42-40-38-36-34-32-29-19-17-15-13-11-9-7-2/h11,13,17,19,47,51H,6-10,12,14-16,18,20-46H2,1-5H3/p+1/b13-11-,19-17-. The van der Waals surface area contributed by atoms with Gasteiger partial charge in [-0.1, -0.05) is 199 Å². The van der Waals surface area contributed by atoms with Gasteiger partial charge in [-0.3, -0.25) is 9.59 Å². The zero-order valence-electron chi connectivity index (χ0n) is 39.9. The van der Waals surface area contributed by atoms with Crippen molar-refractivity contribution in [1.29, 1.82) is 0 Å². The average Bonchev–Trinajstić information content (AvgIpc) is 3.21. The molecule has 2 atom stereocenters. The van der Waals surface area contributed by atoms with E-state index in [1.165, 1.54) is 128 Å². The zero-order valence-corrected chi connectivity index (χ0v) is 39.9. The van der Waals surface area contributed by atoms with Crippen LogP contribution in [-0.2, 0) is 33.3 Å². The SMILES string of the molecule is CCC/C=C\C/C=C\CCCCCCCC(=O)OC(COC(=O)CCCCCCCCCCCCCCCCCCCCCCCC)COC(OCC[N+](C)(C)C)C(=O)O. The van der Waals surface area contributed by atoms with Gasteiger partial charge in [-0.25, -0.2) is 4.79 Å². The van der Waals surface area contributed by atoms with Crippen LogP contribution in [0.4, 0.5) is 0 Å². The number of quaternary nitrogens is 1. The molecular formula is C51H96NO8+. The number of carbonyl (C=O) groups excluding carboxylic acids is 2. The quantitative estimate of drug-likeness (QED) is 0.0212. The van der Waals surface area contributed by atoms with E-state index in [1.54, 1.807) is 0 Å². The van der Waals surface area contributed by atoms with Crippen molar-refractivity contribution in [3.63, 3.8) is 0 Å². The molecule has 0 aromatic carbocycles.